The lowest BCUT2D eigenvalue weighted by atomic mass is 10.1. The highest BCUT2D eigenvalue weighted by Crippen LogP contribution is 2.15. The van der Waals surface area contributed by atoms with E-state index in [1.54, 1.807) is 11.1 Å². The molecule has 1 aliphatic rings. The molecule has 2 N–H and O–H groups in total. The molecule has 1 atom stereocenters. The van der Waals surface area contributed by atoms with Crippen LogP contribution in [0.4, 0.5) is 0 Å². The van der Waals surface area contributed by atoms with Crippen LogP contribution >= 0.6 is 0 Å². The van der Waals surface area contributed by atoms with Crippen LogP contribution in [0.15, 0.2) is 36.5 Å². The predicted molar refractivity (Wildman–Crippen MR) is 104 cm³/mol. The van der Waals surface area contributed by atoms with Crippen LogP contribution in [0.2, 0.25) is 0 Å². The zero-order valence-corrected chi connectivity index (χ0v) is 16.0. The van der Waals surface area contributed by atoms with E-state index < -0.39 is 0 Å². The average Bonchev–Trinajstić information content (AvgIpc) is 3.09. The molecule has 0 bridgehead atoms. The summed E-state index contributed by atoms with van der Waals surface area (Å²) >= 11 is 0. The normalized spacial score (nSPS) is 17.0. The van der Waals surface area contributed by atoms with Crippen LogP contribution < -0.4 is 5.32 Å². The summed E-state index contributed by atoms with van der Waals surface area (Å²) in [5, 5.41) is 2.97. The number of hydrogen-bond donors (Lipinski definition) is 2. The number of aromatic nitrogens is 1. The third-order valence-corrected chi connectivity index (χ3v) is 4.94. The minimum Gasteiger partial charge on any atom is -0.377 e. The van der Waals surface area contributed by atoms with Gasteiger partial charge in [0.1, 0.15) is 5.69 Å². The van der Waals surface area contributed by atoms with E-state index in [0.29, 0.717) is 32.0 Å². The van der Waals surface area contributed by atoms with Crippen LogP contribution in [-0.2, 0) is 16.0 Å². The number of rotatable bonds is 6. The number of nitrogens with zero attached hydrogens (tertiary/aromatic N) is 1. The minimum atomic E-state index is -0.242. The van der Waals surface area contributed by atoms with Gasteiger partial charge in [-0.2, -0.15) is 0 Å². The SMILES string of the molecule is Cc1c[nH]c(C(=O)N2CCOC[C@H]2CC(=O)NCCc2ccccc2C)c1. The Labute approximate surface area is 159 Å². The second kappa shape index (κ2) is 8.86. The standard InChI is InChI=1S/C21H27N3O3/c1-15-11-19(23-13-15)21(26)24-9-10-27-14-18(24)12-20(25)22-8-7-17-6-4-3-5-16(17)2/h3-6,11,13,18,23H,7-10,12,14H2,1-2H3,(H,22,25)/t18-/m1/s1. The lowest BCUT2D eigenvalue weighted by Crippen LogP contribution is -2.50. The van der Waals surface area contributed by atoms with E-state index in [-0.39, 0.29) is 24.3 Å². The maximum atomic E-state index is 12.7. The van der Waals surface area contributed by atoms with E-state index in [2.05, 4.69) is 29.4 Å². The number of carbonyl (C=O) groups is 2. The highest BCUT2D eigenvalue weighted by molar-refractivity contribution is 5.93. The fourth-order valence-corrected chi connectivity index (χ4v) is 3.39. The van der Waals surface area contributed by atoms with E-state index in [4.69, 9.17) is 4.74 Å². The molecule has 0 spiro atoms. The van der Waals surface area contributed by atoms with Crippen molar-refractivity contribution < 1.29 is 14.3 Å². The molecule has 0 saturated carbocycles. The van der Waals surface area contributed by atoms with Crippen LogP contribution in [0.5, 0.6) is 0 Å². The van der Waals surface area contributed by atoms with Crippen molar-refractivity contribution in [2.24, 2.45) is 0 Å². The van der Waals surface area contributed by atoms with Crippen molar-refractivity contribution in [3.05, 3.63) is 58.9 Å². The molecule has 0 aliphatic carbocycles. The van der Waals surface area contributed by atoms with Gasteiger partial charge < -0.3 is 19.9 Å². The number of morpholine rings is 1. The number of carbonyl (C=O) groups excluding carboxylic acids is 2. The van der Waals surface area contributed by atoms with Crippen molar-refractivity contribution in [3.63, 3.8) is 0 Å². The zero-order valence-electron chi connectivity index (χ0n) is 16.0. The highest BCUT2D eigenvalue weighted by Gasteiger charge is 2.30. The van der Waals surface area contributed by atoms with Crippen molar-refractivity contribution in [1.82, 2.24) is 15.2 Å². The molecule has 2 aromatic rings. The van der Waals surface area contributed by atoms with Gasteiger partial charge in [0.15, 0.2) is 0 Å². The molecule has 2 amide bonds. The van der Waals surface area contributed by atoms with Crippen molar-refractivity contribution >= 4 is 11.8 Å². The predicted octanol–water partition coefficient (Wildman–Crippen LogP) is 2.22. The minimum absolute atomic E-state index is 0.0560. The Morgan fingerprint density at radius 3 is 2.85 bits per heavy atom. The summed E-state index contributed by atoms with van der Waals surface area (Å²) in [5.41, 5.74) is 4.03. The summed E-state index contributed by atoms with van der Waals surface area (Å²) in [4.78, 5) is 29.9. The van der Waals surface area contributed by atoms with Crippen LogP contribution in [-0.4, -0.2) is 54.0 Å². The third-order valence-electron chi connectivity index (χ3n) is 4.94. The molecule has 1 aromatic carbocycles. The van der Waals surface area contributed by atoms with Crippen LogP contribution in [0.3, 0.4) is 0 Å². The second-order valence-electron chi connectivity index (χ2n) is 7.05. The Morgan fingerprint density at radius 2 is 2.11 bits per heavy atom. The molecule has 2 heterocycles. The summed E-state index contributed by atoms with van der Waals surface area (Å²) < 4.78 is 5.51. The molecule has 0 unspecified atom stereocenters. The number of aryl methyl sites for hydroxylation is 2. The zero-order chi connectivity index (χ0) is 19.2. The Morgan fingerprint density at radius 1 is 1.30 bits per heavy atom. The van der Waals surface area contributed by atoms with Crippen LogP contribution in [0, 0.1) is 13.8 Å². The molecule has 6 heteroatoms. The van der Waals surface area contributed by atoms with Gasteiger partial charge in [0.2, 0.25) is 5.91 Å². The van der Waals surface area contributed by atoms with E-state index >= 15 is 0 Å². The fraction of sp³-hybridized carbons (Fsp3) is 0.429. The Hall–Kier alpha value is -2.60. The van der Waals surface area contributed by atoms with Gasteiger partial charge in [-0.1, -0.05) is 24.3 Å². The quantitative estimate of drug-likeness (QED) is 0.820. The lowest BCUT2D eigenvalue weighted by molar-refractivity contribution is -0.123. The molecule has 1 fully saturated rings. The first kappa shape index (κ1) is 19.2. The summed E-state index contributed by atoms with van der Waals surface area (Å²) in [6, 6.07) is 9.76. The fourth-order valence-electron chi connectivity index (χ4n) is 3.39. The maximum Gasteiger partial charge on any atom is 0.270 e. The molecule has 3 rings (SSSR count). The number of H-pyrrole nitrogens is 1. The average molecular weight is 369 g/mol. The number of amides is 2. The van der Waals surface area contributed by atoms with Gasteiger partial charge in [-0.15, -0.1) is 0 Å². The van der Waals surface area contributed by atoms with Gasteiger partial charge in [0, 0.05) is 25.7 Å². The van der Waals surface area contributed by atoms with Gasteiger partial charge in [-0.3, -0.25) is 9.59 Å². The smallest absolute Gasteiger partial charge is 0.270 e. The third kappa shape index (κ3) is 4.98. The highest BCUT2D eigenvalue weighted by atomic mass is 16.5. The summed E-state index contributed by atoms with van der Waals surface area (Å²) in [7, 11) is 0. The van der Waals surface area contributed by atoms with E-state index in [1.807, 2.05) is 25.1 Å². The number of hydrogen-bond acceptors (Lipinski definition) is 3. The summed E-state index contributed by atoms with van der Waals surface area (Å²) in [6.45, 7) is 5.97. The van der Waals surface area contributed by atoms with Crippen molar-refractivity contribution in [3.8, 4) is 0 Å². The second-order valence-corrected chi connectivity index (χ2v) is 7.05. The van der Waals surface area contributed by atoms with Gasteiger partial charge >= 0.3 is 0 Å². The van der Waals surface area contributed by atoms with Gasteiger partial charge in [0.05, 0.1) is 19.3 Å². The van der Waals surface area contributed by atoms with Gasteiger partial charge in [0.25, 0.3) is 5.91 Å². The molecule has 27 heavy (non-hydrogen) atoms. The first-order valence-electron chi connectivity index (χ1n) is 9.39. The van der Waals surface area contributed by atoms with E-state index in [1.165, 1.54) is 11.1 Å². The van der Waals surface area contributed by atoms with Crippen molar-refractivity contribution in [1.29, 1.82) is 0 Å². The molecule has 1 aliphatic heterocycles. The topological polar surface area (TPSA) is 74.4 Å². The Bertz CT molecular complexity index is 799. The molecule has 0 radical (unpaired) electrons. The first-order valence-corrected chi connectivity index (χ1v) is 9.39. The molecular formula is C21H27N3O3. The summed E-state index contributed by atoms with van der Waals surface area (Å²) in [6.07, 6.45) is 2.85. The van der Waals surface area contributed by atoms with Crippen molar-refractivity contribution in [2.75, 3.05) is 26.3 Å². The molecule has 1 saturated heterocycles. The lowest BCUT2D eigenvalue weighted by Gasteiger charge is -2.35. The largest absolute Gasteiger partial charge is 0.377 e. The Kier molecular flexibility index (Phi) is 6.29. The summed E-state index contributed by atoms with van der Waals surface area (Å²) in [5.74, 6) is -0.135. The molecule has 144 valence electrons. The van der Waals surface area contributed by atoms with Crippen molar-refractivity contribution in [2.45, 2.75) is 32.7 Å². The Balaban J connectivity index is 1.53. The maximum absolute atomic E-state index is 12.7. The molecule has 6 nitrogen and oxygen atoms in total. The molecular weight excluding hydrogens is 342 g/mol. The van der Waals surface area contributed by atoms with E-state index in [0.717, 1.165) is 12.0 Å². The van der Waals surface area contributed by atoms with Crippen LogP contribution in [0.1, 0.15) is 33.6 Å². The number of aromatic amines is 1. The van der Waals surface area contributed by atoms with E-state index in [9.17, 15) is 9.59 Å². The number of nitrogens with one attached hydrogen (secondary N) is 2. The van der Waals surface area contributed by atoms with Gasteiger partial charge in [-0.25, -0.2) is 0 Å². The first-order chi connectivity index (χ1) is 13.0. The monoisotopic (exact) mass is 369 g/mol. The number of benzene rings is 1. The molecule has 1 aromatic heterocycles. The van der Waals surface area contributed by atoms with Gasteiger partial charge in [-0.05, 0) is 43.0 Å². The number of ether oxygens (including phenoxy) is 1. The van der Waals surface area contributed by atoms with Crippen LogP contribution in [0.25, 0.3) is 0 Å².